The quantitative estimate of drug-likeness (QED) is 0.0261. The average Bonchev–Trinajstić information content (AvgIpc) is 3.40. The predicted octanol–water partition coefficient (Wildman–Crippen LogP) is 21.9. The Balaban J connectivity index is 4.23. The van der Waals surface area contributed by atoms with Crippen molar-refractivity contribution in [1.29, 1.82) is 0 Å². The van der Waals surface area contributed by atoms with Crippen LogP contribution in [0.15, 0.2) is 60.8 Å². The lowest BCUT2D eigenvalue weighted by Crippen LogP contribution is -2.30. The highest BCUT2D eigenvalue weighted by Crippen LogP contribution is 2.16. The first kappa shape index (κ1) is 71.1. The topological polar surface area (TPSA) is 78.9 Å². The van der Waals surface area contributed by atoms with Gasteiger partial charge in [-0.15, -0.1) is 0 Å². The van der Waals surface area contributed by atoms with E-state index in [2.05, 4.69) is 81.5 Å². The maximum absolute atomic E-state index is 12.9. The summed E-state index contributed by atoms with van der Waals surface area (Å²) in [5.41, 5.74) is 0. The van der Waals surface area contributed by atoms with E-state index in [0.29, 0.717) is 19.3 Å². The Morgan fingerprint density at radius 1 is 0.270 bits per heavy atom. The van der Waals surface area contributed by atoms with Gasteiger partial charge in [-0.1, -0.05) is 274 Å². The lowest BCUT2D eigenvalue weighted by molar-refractivity contribution is -0.167. The Hall–Kier alpha value is -2.89. The third-order valence-corrected chi connectivity index (χ3v) is 14.2. The second kappa shape index (κ2) is 62.6. The molecule has 6 nitrogen and oxygen atoms in total. The SMILES string of the molecule is CCCC/C=C\CCCCCCCC(=O)OCC(COC(=O)CCCCCCCCCCCCCC/C=C\C/C=C\C/C=C\CCCCCCC)OC(=O)CCCCCCCCC/C=C\CCCCCCCCC. The number of allylic oxidation sites excluding steroid dienone is 10. The van der Waals surface area contributed by atoms with E-state index in [4.69, 9.17) is 14.2 Å². The van der Waals surface area contributed by atoms with E-state index in [0.717, 1.165) is 77.0 Å². The summed E-state index contributed by atoms with van der Waals surface area (Å²) >= 11 is 0. The van der Waals surface area contributed by atoms with E-state index < -0.39 is 6.10 Å². The van der Waals surface area contributed by atoms with Crippen molar-refractivity contribution in [3.63, 3.8) is 0 Å². The standard InChI is InChI=1S/C68H122O6/c1-4-7-10-13-16-19-22-24-26-28-30-31-32-33-34-35-36-37-38-40-41-43-46-49-52-55-58-61-67(70)73-64-65(63-72-66(69)60-57-54-51-48-45-21-18-15-12-9-6-3)74-68(71)62-59-56-53-50-47-44-42-39-29-27-25-23-20-17-14-11-8-5-2/h15,18,22,24,27-30,32-33,65H,4-14,16-17,19-21,23,25-26,31,34-64H2,1-3H3/b18-15-,24-22-,29-27-,30-28-,33-32-. The Morgan fingerprint density at radius 2 is 0.500 bits per heavy atom. The molecule has 0 saturated carbocycles. The minimum atomic E-state index is -0.780. The molecule has 0 spiro atoms. The molecule has 430 valence electrons. The summed E-state index contributed by atoms with van der Waals surface area (Å²) in [6, 6.07) is 0. The molecule has 0 bridgehead atoms. The molecular formula is C68H122O6. The molecule has 0 aliphatic carbocycles. The zero-order chi connectivity index (χ0) is 53.6. The van der Waals surface area contributed by atoms with Crippen LogP contribution in [0, 0.1) is 0 Å². The normalized spacial score (nSPS) is 12.4. The highest BCUT2D eigenvalue weighted by Gasteiger charge is 2.19. The van der Waals surface area contributed by atoms with Gasteiger partial charge in [0.2, 0.25) is 0 Å². The zero-order valence-corrected chi connectivity index (χ0v) is 49.4. The maximum atomic E-state index is 12.9. The first-order valence-electron chi connectivity index (χ1n) is 32.3. The monoisotopic (exact) mass is 1030 g/mol. The van der Waals surface area contributed by atoms with Crippen LogP contribution in [0.3, 0.4) is 0 Å². The van der Waals surface area contributed by atoms with Gasteiger partial charge in [-0.2, -0.15) is 0 Å². The summed E-state index contributed by atoms with van der Waals surface area (Å²) < 4.78 is 16.9. The summed E-state index contributed by atoms with van der Waals surface area (Å²) in [6.45, 7) is 6.61. The number of hydrogen-bond donors (Lipinski definition) is 0. The Labute approximate surface area is 460 Å². The van der Waals surface area contributed by atoms with Crippen LogP contribution in [0.2, 0.25) is 0 Å². The van der Waals surface area contributed by atoms with Gasteiger partial charge in [0.1, 0.15) is 13.2 Å². The maximum Gasteiger partial charge on any atom is 0.306 e. The number of carbonyl (C=O) groups excluding carboxylic acids is 3. The molecule has 0 fully saturated rings. The van der Waals surface area contributed by atoms with E-state index in [1.165, 1.54) is 218 Å². The fraction of sp³-hybridized carbons (Fsp3) is 0.809. The third kappa shape index (κ3) is 60.0. The molecule has 0 radical (unpaired) electrons. The minimum absolute atomic E-state index is 0.0776. The summed E-state index contributed by atoms with van der Waals surface area (Å²) in [5.74, 6) is -0.879. The van der Waals surface area contributed by atoms with E-state index in [9.17, 15) is 14.4 Å². The Kier molecular flexibility index (Phi) is 60.2. The van der Waals surface area contributed by atoms with Gasteiger partial charge in [0.05, 0.1) is 0 Å². The van der Waals surface area contributed by atoms with Crippen LogP contribution in [0.5, 0.6) is 0 Å². The van der Waals surface area contributed by atoms with Gasteiger partial charge < -0.3 is 14.2 Å². The average molecular weight is 1040 g/mol. The molecule has 0 aliphatic heterocycles. The zero-order valence-electron chi connectivity index (χ0n) is 49.4. The van der Waals surface area contributed by atoms with E-state index in [1.807, 2.05) is 0 Å². The van der Waals surface area contributed by atoms with Gasteiger partial charge in [-0.25, -0.2) is 0 Å². The van der Waals surface area contributed by atoms with Crippen molar-refractivity contribution in [3.8, 4) is 0 Å². The van der Waals surface area contributed by atoms with Crippen molar-refractivity contribution < 1.29 is 28.6 Å². The van der Waals surface area contributed by atoms with Gasteiger partial charge in [-0.3, -0.25) is 14.4 Å². The van der Waals surface area contributed by atoms with Crippen molar-refractivity contribution >= 4 is 17.9 Å². The lowest BCUT2D eigenvalue weighted by Gasteiger charge is -2.18. The smallest absolute Gasteiger partial charge is 0.306 e. The van der Waals surface area contributed by atoms with Crippen molar-refractivity contribution in [2.75, 3.05) is 13.2 Å². The first-order chi connectivity index (χ1) is 36.5. The van der Waals surface area contributed by atoms with Crippen LogP contribution in [-0.2, 0) is 28.6 Å². The molecule has 74 heavy (non-hydrogen) atoms. The van der Waals surface area contributed by atoms with Gasteiger partial charge in [-0.05, 0) is 103 Å². The third-order valence-electron chi connectivity index (χ3n) is 14.2. The minimum Gasteiger partial charge on any atom is -0.462 e. The van der Waals surface area contributed by atoms with E-state index in [-0.39, 0.29) is 31.1 Å². The number of hydrogen-bond acceptors (Lipinski definition) is 6. The molecular weight excluding hydrogens is 913 g/mol. The van der Waals surface area contributed by atoms with Crippen molar-refractivity contribution in [1.82, 2.24) is 0 Å². The molecule has 0 saturated heterocycles. The van der Waals surface area contributed by atoms with E-state index in [1.54, 1.807) is 0 Å². The van der Waals surface area contributed by atoms with Crippen molar-refractivity contribution in [2.45, 2.75) is 341 Å². The first-order valence-corrected chi connectivity index (χ1v) is 32.3. The second-order valence-electron chi connectivity index (χ2n) is 21.7. The molecule has 0 heterocycles. The molecule has 0 aliphatic rings. The van der Waals surface area contributed by atoms with Gasteiger partial charge in [0.15, 0.2) is 6.10 Å². The fourth-order valence-electron chi connectivity index (χ4n) is 9.31. The van der Waals surface area contributed by atoms with Crippen LogP contribution in [0.1, 0.15) is 335 Å². The summed E-state index contributed by atoms with van der Waals surface area (Å²) in [6.07, 6.45) is 79.5. The summed E-state index contributed by atoms with van der Waals surface area (Å²) in [7, 11) is 0. The van der Waals surface area contributed by atoms with Crippen LogP contribution < -0.4 is 0 Å². The summed E-state index contributed by atoms with van der Waals surface area (Å²) in [5, 5.41) is 0. The molecule has 0 amide bonds. The van der Waals surface area contributed by atoms with E-state index >= 15 is 0 Å². The molecule has 0 aromatic carbocycles. The largest absolute Gasteiger partial charge is 0.462 e. The number of carbonyl (C=O) groups is 3. The lowest BCUT2D eigenvalue weighted by atomic mass is 10.0. The molecule has 0 rings (SSSR count). The highest BCUT2D eigenvalue weighted by molar-refractivity contribution is 5.71. The van der Waals surface area contributed by atoms with Crippen molar-refractivity contribution in [2.24, 2.45) is 0 Å². The van der Waals surface area contributed by atoms with Crippen LogP contribution in [-0.4, -0.2) is 37.2 Å². The van der Waals surface area contributed by atoms with Crippen LogP contribution >= 0.6 is 0 Å². The van der Waals surface area contributed by atoms with Gasteiger partial charge in [0.25, 0.3) is 0 Å². The molecule has 0 aromatic heterocycles. The molecule has 1 unspecified atom stereocenters. The number of esters is 3. The fourth-order valence-corrected chi connectivity index (χ4v) is 9.31. The van der Waals surface area contributed by atoms with Crippen molar-refractivity contribution in [3.05, 3.63) is 60.8 Å². The number of unbranched alkanes of at least 4 members (excludes halogenated alkanes) is 38. The van der Waals surface area contributed by atoms with Crippen LogP contribution in [0.25, 0.3) is 0 Å². The van der Waals surface area contributed by atoms with Gasteiger partial charge >= 0.3 is 17.9 Å². The van der Waals surface area contributed by atoms with Crippen LogP contribution in [0.4, 0.5) is 0 Å². The number of rotatable bonds is 59. The molecule has 0 N–H and O–H groups in total. The second-order valence-corrected chi connectivity index (χ2v) is 21.7. The van der Waals surface area contributed by atoms with Gasteiger partial charge in [0, 0.05) is 19.3 Å². The molecule has 0 aromatic rings. The Morgan fingerprint density at radius 3 is 0.811 bits per heavy atom. The number of ether oxygens (including phenoxy) is 3. The predicted molar refractivity (Wildman–Crippen MR) is 321 cm³/mol. The highest BCUT2D eigenvalue weighted by atomic mass is 16.6. The molecule has 1 atom stereocenters. The Bertz CT molecular complexity index is 1330. The summed E-state index contributed by atoms with van der Waals surface area (Å²) in [4.78, 5) is 38.2. The molecule has 6 heteroatoms.